The minimum atomic E-state index is -3.55. The second-order valence-corrected chi connectivity index (χ2v) is 5.80. The normalized spacial score (nSPS) is 11.7. The fourth-order valence-corrected chi connectivity index (χ4v) is 2.53. The van der Waals surface area contributed by atoms with E-state index in [4.69, 9.17) is 4.42 Å². The molecule has 0 aliphatic heterocycles. The van der Waals surface area contributed by atoms with Crippen molar-refractivity contribution in [2.45, 2.75) is 31.7 Å². The van der Waals surface area contributed by atoms with Crippen LogP contribution >= 0.6 is 0 Å². The van der Waals surface area contributed by atoms with Crippen molar-refractivity contribution in [2.24, 2.45) is 0 Å². The van der Waals surface area contributed by atoms with E-state index in [1.54, 1.807) is 31.2 Å². The van der Waals surface area contributed by atoms with E-state index in [1.165, 1.54) is 0 Å². The Labute approximate surface area is 111 Å². The van der Waals surface area contributed by atoms with Gasteiger partial charge in [-0.3, -0.25) is 0 Å². The lowest BCUT2D eigenvalue weighted by Crippen LogP contribution is -2.23. The van der Waals surface area contributed by atoms with Gasteiger partial charge < -0.3 is 4.42 Å². The summed E-state index contributed by atoms with van der Waals surface area (Å²) in [6.07, 6.45) is 0.870. The van der Waals surface area contributed by atoms with Gasteiger partial charge in [0.15, 0.2) is 0 Å². The topological polar surface area (TPSA) is 85.1 Å². The Hall–Kier alpha value is -1.73. The Bertz CT molecular complexity index is 647. The van der Waals surface area contributed by atoms with Crippen LogP contribution in [0.3, 0.4) is 0 Å². The Morgan fingerprint density at radius 3 is 2.42 bits per heavy atom. The van der Waals surface area contributed by atoms with E-state index in [0.29, 0.717) is 5.89 Å². The maximum absolute atomic E-state index is 12.0. The number of nitrogens with zero attached hydrogens (tertiary/aromatic N) is 2. The highest BCUT2D eigenvalue weighted by molar-refractivity contribution is 7.89. The average Bonchev–Trinajstić information content (AvgIpc) is 2.82. The maximum atomic E-state index is 12.0. The van der Waals surface area contributed by atoms with Crippen molar-refractivity contribution in [2.75, 3.05) is 0 Å². The molecule has 0 unspecified atom stereocenters. The molecule has 7 heteroatoms. The molecular formula is C12H15N3O3S. The SMILES string of the molecule is CCc1ccc(S(=O)(=O)NCc2nnc(C)o2)cc1. The molecule has 0 radical (unpaired) electrons. The van der Waals surface area contributed by atoms with Gasteiger partial charge in [0, 0.05) is 6.92 Å². The molecule has 1 N–H and O–H groups in total. The van der Waals surface area contributed by atoms with Crippen LogP contribution in [0.2, 0.25) is 0 Å². The lowest BCUT2D eigenvalue weighted by atomic mass is 10.2. The fourth-order valence-electron chi connectivity index (χ4n) is 1.55. The predicted molar refractivity (Wildman–Crippen MR) is 68.9 cm³/mol. The number of sulfonamides is 1. The summed E-state index contributed by atoms with van der Waals surface area (Å²) in [6, 6.07) is 6.76. The standard InChI is InChI=1S/C12H15N3O3S/c1-3-10-4-6-11(7-5-10)19(16,17)13-8-12-15-14-9(2)18-12/h4-7,13H,3,8H2,1-2H3. The second-order valence-electron chi connectivity index (χ2n) is 4.04. The van der Waals surface area contributed by atoms with E-state index in [9.17, 15) is 8.42 Å². The molecular weight excluding hydrogens is 266 g/mol. The minimum Gasteiger partial charge on any atom is -0.424 e. The number of rotatable bonds is 5. The van der Waals surface area contributed by atoms with E-state index in [0.717, 1.165) is 12.0 Å². The Morgan fingerprint density at radius 1 is 1.21 bits per heavy atom. The molecule has 0 fully saturated rings. The van der Waals surface area contributed by atoms with Crippen LogP contribution in [0.25, 0.3) is 0 Å². The zero-order chi connectivity index (χ0) is 13.9. The van der Waals surface area contributed by atoms with Crippen LogP contribution in [0.5, 0.6) is 0 Å². The number of nitrogens with one attached hydrogen (secondary N) is 1. The minimum absolute atomic E-state index is 0.0152. The average molecular weight is 281 g/mol. The number of hydrogen-bond donors (Lipinski definition) is 1. The van der Waals surface area contributed by atoms with Crippen molar-refractivity contribution in [1.29, 1.82) is 0 Å². The molecule has 0 aliphatic rings. The van der Waals surface area contributed by atoms with Crippen LogP contribution in [-0.4, -0.2) is 18.6 Å². The monoisotopic (exact) mass is 281 g/mol. The molecule has 1 aromatic heterocycles. The molecule has 6 nitrogen and oxygen atoms in total. The van der Waals surface area contributed by atoms with Crippen LogP contribution in [0.4, 0.5) is 0 Å². The lowest BCUT2D eigenvalue weighted by molar-refractivity contribution is 0.460. The Morgan fingerprint density at radius 2 is 1.89 bits per heavy atom. The quantitative estimate of drug-likeness (QED) is 0.895. The number of aromatic nitrogens is 2. The molecule has 0 bridgehead atoms. The molecule has 0 atom stereocenters. The molecule has 0 saturated carbocycles. The first-order chi connectivity index (χ1) is 9.01. The van der Waals surface area contributed by atoms with Gasteiger partial charge >= 0.3 is 0 Å². The summed E-state index contributed by atoms with van der Waals surface area (Å²) in [5.41, 5.74) is 1.09. The Kier molecular flexibility index (Phi) is 3.96. The summed E-state index contributed by atoms with van der Waals surface area (Å²) in [5.74, 6) is 0.646. The van der Waals surface area contributed by atoms with Gasteiger partial charge in [0.05, 0.1) is 11.4 Å². The number of benzene rings is 1. The first-order valence-corrected chi connectivity index (χ1v) is 7.37. The van der Waals surface area contributed by atoms with Gasteiger partial charge in [-0.15, -0.1) is 10.2 Å². The van der Waals surface area contributed by atoms with Gasteiger partial charge in [0.1, 0.15) is 0 Å². The van der Waals surface area contributed by atoms with Crippen molar-refractivity contribution < 1.29 is 12.8 Å². The van der Waals surface area contributed by atoms with Gasteiger partial charge in [-0.2, -0.15) is 0 Å². The summed E-state index contributed by atoms with van der Waals surface area (Å²) in [6.45, 7) is 3.65. The largest absolute Gasteiger partial charge is 0.424 e. The number of aryl methyl sites for hydroxylation is 2. The molecule has 102 valence electrons. The van der Waals surface area contributed by atoms with Gasteiger partial charge in [-0.25, -0.2) is 13.1 Å². The van der Waals surface area contributed by atoms with E-state index in [2.05, 4.69) is 14.9 Å². The van der Waals surface area contributed by atoms with Crippen LogP contribution in [-0.2, 0) is 23.0 Å². The van der Waals surface area contributed by atoms with Gasteiger partial charge in [-0.1, -0.05) is 19.1 Å². The van der Waals surface area contributed by atoms with Crippen molar-refractivity contribution in [3.63, 3.8) is 0 Å². The highest BCUT2D eigenvalue weighted by Crippen LogP contribution is 2.11. The third-order valence-corrected chi connectivity index (χ3v) is 4.04. The van der Waals surface area contributed by atoms with Crippen LogP contribution in [0.15, 0.2) is 33.6 Å². The first-order valence-electron chi connectivity index (χ1n) is 5.89. The summed E-state index contributed by atoms with van der Waals surface area (Å²) < 4.78 is 31.5. The molecule has 2 rings (SSSR count). The molecule has 19 heavy (non-hydrogen) atoms. The fraction of sp³-hybridized carbons (Fsp3) is 0.333. The zero-order valence-corrected chi connectivity index (χ0v) is 11.6. The van der Waals surface area contributed by atoms with Crippen LogP contribution < -0.4 is 4.72 Å². The van der Waals surface area contributed by atoms with Crippen molar-refractivity contribution in [1.82, 2.24) is 14.9 Å². The van der Waals surface area contributed by atoms with E-state index >= 15 is 0 Å². The molecule has 2 aromatic rings. The third kappa shape index (κ3) is 3.39. The third-order valence-electron chi connectivity index (χ3n) is 2.62. The van der Waals surface area contributed by atoms with Crippen LogP contribution in [0, 0.1) is 6.92 Å². The molecule has 0 amide bonds. The van der Waals surface area contributed by atoms with Gasteiger partial charge in [-0.05, 0) is 24.1 Å². The predicted octanol–water partition coefficient (Wildman–Crippen LogP) is 1.42. The molecule has 1 aromatic carbocycles. The van der Waals surface area contributed by atoms with E-state index in [1.807, 2.05) is 6.92 Å². The number of hydrogen-bond acceptors (Lipinski definition) is 5. The molecule has 0 aliphatic carbocycles. The van der Waals surface area contributed by atoms with Gasteiger partial charge in [0.2, 0.25) is 21.8 Å². The summed E-state index contributed by atoms with van der Waals surface area (Å²) in [7, 11) is -3.55. The summed E-state index contributed by atoms with van der Waals surface area (Å²) in [5, 5.41) is 7.36. The smallest absolute Gasteiger partial charge is 0.241 e. The van der Waals surface area contributed by atoms with Crippen LogP contribution in [0.1, 0.15) is 24.3 Å². The molecule has 1 heterocycles. The molecule has 0 spiro atoms. The Balaban J connectivity index is 2.09. The lowest BCUT2D eigenvalue weighted by Gasteiger charge is -2.05. The summed E-state index contributed by atoms with van der Waals surface area (Å²) >= 11 is 0. The maximum Gasteiger partial charge on any atom is 0.241 e. The van der Waals surface area contributed by atoms with Crippen molar-refractivity contribution >= 4 is 10.0 Å². The van der Waals surface area contributed by atoms with E-state index in [-0.39, 0.29) is 17.3 Å². The highest BCUT2D eigenvalue weighted by Gasteiger charge is 2.15. The van der Waals surface area contributed by atoms with Crippen molar-refractivity contribution in [3.05, 3.63) is 41.6 Å². The highest BCUT2D eigenvalue weighted by atomic mass is 32.2. The van der Waals surface area contributed by atoms with E-state index < -0.39 is 10.0 Å². The van der Waals surface area contributed by atoms with Gasteiger partial charge in [0.25, 0.3) is 0 Å². The first kappa shape index (κ1) is 13.7. The molecule has 0 saturated heterocycles. The zero-order valence-electron chi connectivity index (χ0n) is 10.8. The second kappa shape index (κ2) is 5.50. The summed E-state index contributed by atoms with van der Waals surface area (Å²) in [4.78, 5) is 0.223. The van der Waals surface area contributed by atoms with Crippen molar-refractivity contribution in [3.8, 4) is 0 Å².